The Kier molecular flexibility index (Phi) is 4.91. The molecule has 0 bridgehead atoms. The van der Waals surface area contributed by atoms with Crippen LogP contribution in [0.5, 0.6) is 0 Å². The summed E-state index contributed by atoms with van der Waals surface area (Å²) in [7, 11) is 1.43. The summed E-state index contributed by atoms with van der Waals surface area (Å²) in [6.07, 6.45) is 0. The summed E-state index contributed by atoms with van der Waals surface area (Å²) in [4.78, 5) is 11.7. The second-order valence-electron chi connectivity index (χ2n) is 5.69. The number of ether oxygens (including phenoxy) is 1. The molecule has 0 fully saturated rings. The molecule has 0 aliphatic rings. The van der Waals surface area contributed by atoms with Crippen molar-refractivity contribution in [1.29, 1.82) is 0 Å². The maximum absolute atomic E-state index is 11.7. The van der Waals surface area contributed by atoms with E-state index in [1.54, 1.807) is 0 Å². The van der Waals surface area contributed by atoms with Crippen LogP contribution in [-0.2, 0) is 16.1 Å². The fraction of sp³-hybridized carbons (Fsp3) is 0.533. The molecule has 0 unspecified atom stereocenters. The van der Waals surface area contributed by atoms with Crippen molar-refractivity contribution in [3.05, 3.63) is 35.4 Å². The van der Waals surface area contributed by atoms with E-state index in [9.17, 15) is 4.79 Å². The quantitative estimate of drug-likeness (QED) is 0.834. The first-order valence-corrected chi connectivity index (χ1v) is 6.21. The minimum absolute atomic E-state index is 0.169. The van der Waals surface area contributed by atoms with E-state index in [0.29, 0.717) is 6.54 Å². The van der Waals surface area contributed by atoms with E-state index in [1.165, 1.54) is 18.2 Å². The monoisotopic (exact) mass is 249 g/mol. The van der Waals surface area contributed by atoms with E-state index in [2.05, 4.69) is 36.5 Å². The van der Waals surface area contributed by atoms with Gasteiger partial charge in [-0.2, -0.15) is 0 Å². The van der Waals surface area contributed by atoms with E-state index in [1.807, 2.05) is 20.8 Å². The number of nitrogens with one attached hydrogen (secondary N) is 1. The Hall–Kier alpha value is -1.35. The number of aryl methyl sites for hydroxylation is 1. The van der Waals surface area contributed by atoms with Crippen LogP contribution in [0.4, 0.5) is 0 Å². The first kappa shape index (κ1) is 14.7. The molecule has 1 atom stereocenters. The largest absolute Gasteiger partial charge is 0.468 e. The number of hydrogen-bond acceptors (Lipinski definition) is 3. The van der Waals surface area contributed by atoms with Gasteiger partial charge in [0, 0.05) is 6.54 Å². The number of benzene rings is 1. The summed E-state index contributed by atoms with van der Waals surface area (Å²) in [5, 5.41) is 3.27. The fourth-order valence-electron chi connectivity index (χ4n) is 1.79. The van der Waals surface area contributed by atoms with Crippen molar-refractivity contribution in [2.45, 2.75) is 40.3 Å². The number of rotatable bonds is 4. The van der Waals surface area contributed by atoms with Gasteiger partial charge < -0.3 is 4.74 Å². The van der Waals surface area contributed by atoms with Gasteiger partial charge in [0.2, 0.25) is 0 Å². The van der Waals surface area contributed by atoms with Crippen LogP contribution in [0, 0.1) is 12.3 Å². The molecule has 0 saturated carbocycles. The summed E-state index contributed by atoms with van der Waals surface area (Å²) in [5.74, 6) is -0.213. The van der Waals surface area contributed by atoms with Crippen molar-refractivity contribution in [1.82, 2.24) is 5.32 Å². The lowest BCUT2D eigenvalue weighted by molar-refractivity contribution is -0.146. The molecule has 1 aromatic carbocycles. The molecule has 0 saturated heterocycles. The van der Waals surface area contributed by atoms with E-state index >= 15 is 0 Å². The Bertz CT molecular complexity index is 390. The number of carbonyl (C=O) groups excluding carboxylic acids is 1. The van der Waals surface area contributed by atoms with Crippen molar-refractivity contribution >= 4 is 5.97 Å². The number of esters is 1. The maximum Gasteiger partial charge on any atom is 0.323 e. The van der Waals surface area contributed by atoms with Gasteiger partial charge in [0.15, 0.2) is 0 Å². The third-order valence-corrected chi connectivity index (χ3v) is 2.93. The molecule has 0 heterocycles. The zero-order valence-corrected chi connectivity index (χ0v) is 11.9. The standard InChI is InChI=1S/C15H23NO2/c1-11-6-8-12(9-7-11)10-16-13(14(17)18-5)15(2,3)4/h6-9,13,16H,10H2,1-5H3/t13-/m1/s1. The van der Waals surface area contributed by atoms with Crippen LogP contribution in [0.1, 0.15) is 31.9 Å². The van der Waals surface area contributed by atoms with Gasteiger partial charge >= 0.3 is 5.97 Å². The van der Waals surface area contributed by atoms with Crippen LogP contribution in [-0.4, -0.2) is 19.1 Å². The molecule has 100 valence electrons. The van der Waals surface area contributed by atoms with Crippen LogP contribution in [0.2, 0.25) is 0 Å². The van der Waals surface area contributed by atoms with E-state index in [0.717, 1.165) is 0 Å². The van der Waals surface area contributed by atoms with Gasteiger partial charge in [-0.15, -0.1) is 0 Å². The normalized spacial score (nSPS) is 13.2. The Morgan fingerprint density at radius 3 is 2.28 bits per heavy atom. The average molecular weight is 249 g/mol. The van der Waals surface area contributed by atoms with E-state index in [-0.39, 0.29) is 17.4 Å². The third-order valence-electron chi connectivity index (χ3n) is 2.93. The number of hydrogen-bond donors (Lipinski definition) is 1. The number of carbonyl (C=O) groups is 1. The van der Waals surface area contributed by atoms with E-state index in [4.69, 9.17) is 4.74 Å². The van der Waals surface area contributed by atoms with Crippen molar-refractivity contribution in [2.75, 3.05) is 7.11 Å². The molecular formula is C15H23NO2. The molecule has 1 N–H and O–H groups in total. The minimum Gasteiger partial charge on any atom is -0.468 e. The summed E-state index contributed by atoms with van der Waals surface area (Å²) >= 11 is 0. The topological polar surface area (TPSA) is 38.3 Å². The summed E-state index contributed by atoms with van der Waals surface area (Å²) in [6, 6.07) is 7.98. The van der Waals surface area contributed by atoms with Crippen LogP contribution in [0.3, 0.4) is 0 Å². The van der Waals surface area contributed by atoms with Crippen LogP contribution >= 0.6 is 0 Å². The first-order chi connectivity index (χ1) is 8.34. The minimum atomic E-state index is -0.302. The molecule has 18 heavy (non-hydrogen) atoms. The zero-order valence-electron chi connectivity index (χ0n) is 11.9. The maximum atomic E-state index is 11.7. The zero-order chi connectivity index (χ0) is 13.8. The Morgan fingerprint density at radius 1 is 1.28 bits per heavy atom. The molecule has 0 radical (unpaired) electrons. The SMILES string of the molecule is COC(=O)[C@@H](NCc1ccc(C)cc1)C(C)(C)C. The van der Waals surface area contributed by atoms with Crippen molar-refractivity contribution in [2.24, 2.45) is 5.41 Å². The summed E-state index contributed by atoms with van der Waals surface area (Å²) < 4.78 is 4.84. The molecule has 0 aliphatic carbocycles. The lowest BCUT2D eigenvalue weighted by Gasteiger charge is -2.29. The van der Waals surface area contributed by atoms with Crippen LogP contribution in [0.15, 0.2) is 24.3 Å². The molecule has 0 spiro atoms. The lowest BCUT2D eigenvalue weighted by atomic mass is 9.86. The molecule has 0 aromatic heterocycles. The second-order valence-corrected chi connectivity index (χ2v) is 5.69. The van der Waals surface area contributed by atoms with Gasteiger partial charge in [0.25, 0.3) is 0 Å². The van der Waals surface area contributed by atoms with Crippen molar-refractivity contribution in [3.8, 4) is 0 Å². The fourth-order valence-corrected chi connectivity index (χ4v) is 1.79. The third kappa shape index (κ3) is 4.15. The highest BCUT2D eigenvalue weighted by molar-refractivity contribution is 5.76. The van der Waals surface area contributed by atoms with E-state index < -0.39 is 0 Å². The molecule has 0 amide bonds. The van der Waals surface area contributed by atoms with Gasteiger partial charge in [0.05, 0.1) is 7.11 Å². The summed E-state index contributed by atoms with van der Waals surface area (Å²) in [5.41, 5.74) is 2.23. The summed E-state index contributed by atoms with van der Waals surface area (Å²) in [6.45, 7) is 8.80. The first-order valence-electron chi connectivity index (χ1n) is 6.21. The Labute approximate surface area is 110 Å². The van der Waals surface area contributed by atoms with Gasteiger partial charge in [-0.1, -0.05) is 50.6 Å². The molecule has 1 rings (SSSR count). The molecule has 3 heteroatoms. The van der Waals surface area contributed by atoms with Gasteiger partial charge in [-0.05, 0) is 17.9 Å². The predicted octanol–water partition coefficient (Wildman–Crippen LogP) is 2.67. The van der Waals surface area contributed by atoms with Gasteiger partial charge in [-0.25, -0.2) is 0 Å². The lowest BCUT2D eigenvalue weighted by Crippen LogP contribution is -2.46. The van der Waals surface area contributed by atoms with Gasteiger partial charge in [0.1, 0.15) is 6.04 Å². The molecule has 1 aromatic rings. The predicted molar refractivity (Wildman–Crippen MR) is 73.3 cm³/mol. The second kappa shape index (κ2) is 6.01. The Balaban J connectivity index is 2.68. The average Bonchev–Trinajstić information content (AvgIpc) is 2.29. The molecule has 0 aliphatic heterocycles. The number of methoxy groups -OCH3 is 1. The van der Waals surface area contributed by atoms with Crippen molar-refractivity contribution in [3.63, 3.8) is 0 Å². The highest BCUT2D eigenvalue weighted by Gasteiger charge is 2.31. The van der Waals surface area contributed by atoms with Crippen LogP contribution < -0.4 is 5.32 Å². The highest BCUT2D eigenvalue weighted by atomic mass is 16.5. The smallest absolute Gasteiger partial charge is 0.323 e. The van der Waals surface area contributed by atoms with Gasteiger partial charge in [-0.3, -0.25) is 10.1 Å². The highest BCUT2D eigenvalue weighted by Crippen LogP contribution is 2.20. The van der Waals surface area contributed by atoms with Crippen molar-refractivity contribution < 1.29 is 9.53 Å². The Morgan fingerprint density at radius 2 is 1.83 bits per heavy atom. The molecular weight excluding hydrogens is 226 g/mol. The van der Waals surface area contributed by atoms with Crippen LogP contribution in [0.25, 0.3) is 0 Å². The molecule has 3 nitrogen and oxygen atoms in total.